The van der Waals surface area contributed by atoms with Gasteiger partial charge < -0.3 is 13.9 Å². The maximum absolute atomic E-state index is 13.4. The summed E-state index contributed by atoms with van der Waals surface area (Å²) in [5.41, 5.74) is 1.06. The average molecular weight is 459 g/mol. The largest absolute Gasteiger partial charge is 0.465 e. The number of esters is 1. The topological polar surface area (TPSA) is 83.0 Å². The Morgan fingerprint density at radius 1 is 1.29 bits per heavy atom. The van der Waals surface area contributed by atoms with Crippen LogP contribution in [0.25, 0.3) is 6.08 Å². The lowest BCUT2D eigenvalue weighted by Gasteiger charge is -2.25. The highest BCUT2D eigenvalue weighted by atomic mass is 35.5. The maximum Gasteiger partial charge on any atom is 0.338 e. The van der Waals surface area contributed by atoms with Crippen molar-refractivity contribution in [3.05, 3.63) is 90.0 Å². The first-order valence-electron chi connectivity index (χ1n) is 9.48. The Labute approximate surface area is 186 Å². The van der Waals surface area contributed by atoms with Crippen LogP contribution in [0.4, 0.5) is 0 Å². The van der Waals surface area contributed by atoms with Crippen LogP contribution in [0.5, 0.6) is 0 Å². The van der Waals surface area contributed by atoms with E-state index < -0.39 is 12.0 Å². The Hall–Kier alpha value is -2.94. The molecule has 0 aliphatic carbocycles. The third-order valence-electron chi connectivity index (χ3n) is 4.78. The number of rotatable bonds is 6. The number of methoxy groups -OCH3 is 1. The molecule has 0 N–H and O–H groups in total. The first kappa shape index (κ1) is 21.3. The molecular formula is C22H19ClN2O5S. The number of furan rings is 1. The fourth-order valence-corrected chi connectivity index (χ4v) is 4.64. The zero-order valence-corrected chi connectivity index (χ0v) is 18.4. The minimum absolute atomic E-state index is 0.0876. The molecule has 2 aromatic heterocycles. The van der Waals surface area contributed by atoms with E-state index in [9.17, 15) is 9.59 Å². The van der Waals surface area contributed by atoms with Crippen LogP contribution in [-0.2, 0) is 14.3 Å². The van der Waals surface area contributed by atoms with E-state index in [0.717, 1.165) is 0 Å². The number of fused-ring (bicyclic) bond motifs is 1. The predicted octanol–water partition coefficient (Wildman–Crippen LogP) is 2.67. The molecule has 0 saturated carbocycles. The number of aromatic nitrogens is 1. The molecule has 9 heteroatoms. The van der Waals surface area contributed by atoms with Crippen LogP contribution in [0, 0.1) is 0 Å². The number of nitrogens with zero attached hydrogens (tertiary/aromatic N) is 2. The van der Waals surface area contributed by atoms with Gasteiger partial charge in [-0.1, -0.05) is 41.1 Å². The van der Waals surface area contributed by atoms with Crippen molar-refractivity contribution in [2.75, 3.05) is 20.3 Å². The minimum atomic E-state index is -0.765. The minimum Gasteiger partial charge on any atom is -0.465 e. The fourth-order valence-electron chi connectivity index (χ4n) is 3.37. The zero-order valence-electron chi connectivity index (χ0n) is 16.8. The number of halogens is 1. The lowest BCUT2D eigenvalue weighted by molar-refractivity contribution is -0.140. The Bertz CT molecular complexity index is 1320. The lowest BCUT2D eigenvalue weighted by Crippen LogP contribution is -2.40. The second-order valence-corrected chi connectivity index (χ2v) is 8.16. The Balaban J connectivity index is 1.91. The number of ether oxygens (including phenoxy) is 2. The van der Waals surface area contributed by atoms with E-state index in [-0.39, 0.29) is 24.3 Å². The van der Waals surface area contributed by atoms with Crippen LogP contribution >= 0.6 is 22.9 Å². The molecule has 0 radical (unpaired) electrons. The maximum atomic E-state index is 13.4. The van der Waals surface area contributed by atoms with Gasteiger partial charge in [0, 0.05) is 18.2 Å². The fraction of sp³-hybridized carbons (Fsp3) is 0.227. The summed E-state index contributed by atoms with van der Waals surface area (Å²) in [7, 11) is 1.52. The molecule has 31 heavy (non-hydrogen) atoms. The average Bonchev–Trinajstić information content (AvgIpc) is 3.36. The summed E-state index contributed by atoms with van der Waals surface area (Å²) in [6, 6.07) is 9.85. The normalized spacial score (nSPS) is 16.2. The summed E-state index contributed by atoms with van der Waals surface area (Å²) in [6.45, 7) is 2.07. The number of carbonyl (C=O) groups excluding carboxylic acids is 1. The van der Waals surface area contributed by atoms with E-state index in [2.05, 4.69) is 4.99 Å². The van der Waals surface area contributed by atoms with Crippen LogP contribution in [0.15, 0.2) is 68.1 Å². The van der Waals surface area contributed by atoms with Crippen LogP contribution in [-0.4, -0.2) is 30.9 Å². The van der Waals surface area contributed by atoms with Crippen molar-refractivity contribution in [3.8, 4) is 0 Å². The monoisotopic (exact) mass is 458 g/mol. The van der Waals surface area contributed by atoms with Gasteiger partial charge in [0.2, 0.25) is 0 Å². The first-order chi connectivity index (χ1) is 15.0. The van der Waals surface area contributed by atoms with Crippen molar-refractivity contribution in [3.63, 3.8) is 0 Å². The van der Waals surface area contributed by atoms with Crippen molar-refractivity contribution in [1.82, 2.24) is 4.57 Å². The summed E-state index contributed by atoms with van der Waals surface area (Å²) in [4.78, 5) is 31.4. The standard InChI is InChI=1S/C22H19ClN2O5S/c1-13-18(21(27)30-11-10-28-2)19(15-7-3-4-8-16(15)23)25-20(26)17(31-22(25)24-13)12-14-6-5-9-29-14/h3-9,12,19H,10-11H2,1-2H3. The molecule has 0 amide bonds. The third-order valence-corrected chi connectivity index (χ3v) is 6.11. The summed E-state index contributed by atoms with van der Waals surface area (Å²) in [5.74, 6) is -0.0157. The van der Waals surface area contributed by atoms with Crippen LogP contribution < -0.4 is 14.9 Å². The molecule has 4 rings (SSSR count). The smallest absolute Gasteiger partial charge is 0.338 e. The van der Waals surface area contributed by atoms with Gasteiger partial charge in [0.1, 0.15) is 18.4 Å². The van der Waals surface area contributed by atoms with Crippen molar-refractivity contribution >= 4 is 35.0 Å². The quantitative estimate of drug-likeness (QED) is 0.419. The Morgan fingerprint density at radius 2 is 2.10 bits per heavy atom. The number of thiazole rings is 1. The molecule has 0 spiro atoms. The van der Waals surface area contributed by atoms with Gasteiger partial charge in [-0.15, -0.1) is 0 Å². The van der Waals surface area contributed by atoms with Crippen LogP contribution in [0.1, 0.15) is 24.3 Å². The van der Waals surface area contributed by atoms with Gasteiger partial charge in [0.05, 0.1) is 28.7 Å². The van der Waals surface area contributed by atoms with Gasteiger partial charge in [-0.05, 0) is 30.7 Å². The van der Waals surface area contributed by atoms with Crippen molar-refractivity contribution in [1.29, 1.82) is 0 Å². The second kappa shape index (κ2) is 9.05. The Morgan fingerprint density at radius 3 is 2.81 bits per heavy atom. The highest BCUT2D eigenvalue weighted by molar-refractivity contribution is 7.07. The summed E-state index contributed by atoms with van der Waals surface area (Å²) >= 11 is 7.71. The number of benzene rings is 1. The van der Waals surface area contributed by atoms with Gasteiger partial charge in [-0.3, -0.25) is 9.36 Å². The SMILES string of the molecule is COCCOC(=O)C1=C(C)N=c2sc(=Cc3ccco3)c(=O)n2C1c1ccccc1Cl. The van der Waals surface area contributed by atoms with Crippen LogP contribution in [0.2, 0.25) is 5.02 Å². The molecule has 1 unspecified atom stereocenters. The molecular weight excluding hydrogens is 440 g/mol. The third kappa shape index (κ3) is 4.14. The van der Waals surface area contributed by atoms with Crippen LogP contribution in [0.3, 0.4) is 0 Å². The van der Waals surface area contributed by atoms with Gasteiger partial charge in [-0.2, -0.15) is 0 Å². The van der Waals surface area contributed by atoms with Crippen molar-refractivity contribution in [2.45, 2.75) is 13.0 Å². The summed E-state index contributed by atoms with van der Waals surface area (Å²) < 4.78 is 17.6. The molecule has 0 saturated heterocycles. The van der Waals surface area contributed by atoms with Gasteiger partial charge >= 0.3 is 5.97 Å². The van der Waals surface area contributed by atoms with Crippen molar-refractivity contribution in [2.24, 2.45) is 4.99 Å². The van der Waals surface area contributed by atoms with Gasteiger partial charge in [0.25, 0.3) is 5.56 Å². The molecule has 160 valence electrons. The number of carbonyl (C=O) groups is 1. The lowest BCUT2D eigenvalue weighted by atomic mass is 9.96. The molecule has 1 aliphatic rings. The summed E-state index contributed by atoms with van der Waals surface area (Å²) in [6.07, 6.45) is 3.19. The second-order valence-electron chi connectivity index (χ2n) is 6.75. The van der Waals surface area contributed by atoms with E-state index >= 15 is 0 Å². The highest BCUT2D eigenvalue weighted by Gasteiger charge is 2.34. The molecule has 0 fully saturated rings. The molecule has 1 aromatic carbocycles. The van der Waals surface area contributed by atoms with E-state index in [1.165, 1.54) is 29.3 Å². The van der Waals surface area contributed by atoms with E-state index in [0.29, 0.717) is 31.4 Å². The Kier molecular flexibility index (Phi) is 6.22. The number of hydrogen-bond acceptors (Lipinski definition) is 7. The highest BCUT2D eigenvalue weighted by Crippen LogP contribution is 2.34. The van der Waals surface area contributed by atoms with Crippen molar-refractivity contribution < 1.29 is 18.7 Å². The number of allylic oxidation sites excluding steroid dienone is 1. The summed E-state index contributed by atoms with van der Waals surface area (Å²) in [5, 5.41) is 0.435. The first-order valence-corrected chi connectivity index (χ1v) is 10.7. The molecule has 0 bridgehead atoms. The molecule has 1 atom stereocenters. The van der Waals surface area contributed by atoms with Gasteiger partial charge in [-0.25, -0.2) is 9.79 Å². The molecule has 7 nitrogen and oxygen atoms in total. The van der Waals surface area contributed by atoms with E-state index in [4.69, 9.17) is 25.5 Å². The van der Waals surface area contributed by atoms with E-state index in [1.807, 2.05) is 6.07 Å². The predicted molar refractivity (Wildman–Crippen MR) is 117 cm³/mol. The molecule has 3 heterocycles. The van der Waals surface area contributed by atoms with E-state index in [1.54, 1.807) is 43.3 Å². The molecule has 3 aromatic rings. The zero-order chi connectivity index (χ0) is 22.0. The van der Waals surface area contributed by atoms with Gasteiger partial charge in [0.15, 0.2) is 4.80 Å². The number of hydrogen-bond donors (Lipinski definition) is 0. The molecule has 1 aliphatic heterocycles.